The number of nitrogens with zero attached hydrogens (tertiary/aromatic N) is 5. The molecule has 2 atom stereocenters. The van der Waals surface area contributed by atoms with Crippen LogP contribution in [0.25, 0.3) is 22.2 Å². The Morgan fingerprint density at radius 2 is 1.95 bits per heavy atom. The van der Waals surface area contributed by atoms with Crippen LogP contribution in [-0.2, 0) is 18.5 Å². The standard InChI is InChI=1S/C28H25FN8O/c1-3-37-15-18(13-31-37)28(27-32-16(2)38-36-27)25-21(20-6-4-5-7-22(20)33-25)12-23(35-28)26-30-14-24(34-26)17-8-10-19(29)11-9-17/h4-11,13-15,23,33,35H,3,12H2,1-2H3,(H,30,34)/t23-,28?/m1/s1. The van der Waals surface area contributed by atoms with Gasteiger partial charge in [-0.15, -0.1) is 0 Å². The van der Waals surface area contributed by atoms with Crippen LogP contribution in [0, 0.1) is 12.7 Å². The number of benzene rings is 2. The van der Waals surface area contributed by atoms with Gasteiger partial charge in [0.25, 0.3) is 0 Å². The van der Waals surface area contributed by atoms with Gasteiger partial charge in [0.15, 0.2) is 5.54 Å². The largest absolute Gasteiger partial charge is 0.356 e. The summed E-state index contributed by atoms with van der Waals surface area (Å²) in [7, 11) is 0. The SMILES string of the molecule is CCn1cc(C2(c3noc(C)n3)N[C@@H](c3ncc(-c4ccc(F)cc4)[nH]3)Cc3c2[nH]c2ccccc32)cn1. The Labute approximate surface area is 217 Å². The molecule has 0 spiro atoms. The van der Waals surface area contributed by atoms with Gasteiger partial charge in [-0.05, 0) is 54.8 Å². The van der Waals surface area contributed by atoms with Crippen LogP contribution in [0.4, 0.5) is 4.39 Å². The quantitative estimate of drug-likeness (QED) is 0.309. The first-order chi connectivity index (χ1) is 18.5. The van der Waals surface area contributed by atoms with E-state index in [0.29, 0.717) is 18.1 Å². The number of hydrogen-bond acceptors (Lipinski definition) is 6. The number of rotatable bonds is 5. The Morgan fingerprint density at radius 3 is 2.71 bits per heavy atom. The topological polar surface area (TPSA) is 113 Å². The molecule has 1 aliphatic heterocycles. The average molecular weight is 509 g/mol. The number of hydrogen-bond donors (Lipinski definition) is 3. The minimum Gasteiger partial charge on any atom is -0.356 e. The molecule has 2 aromatic carbocycles. The zero-order chi connectivity index (χ0) is 25.9. The van der Waals surface area contributed by atoms with Crippen molar-refractivity contribution < 1.29 is 8.91 Å². The highest BCUT2D eigenvalue weighted by Gasteiger charge is 2.50. The summed E-state index contributed by atoms with van der Waals surface area (Å²) in [5.41, 5.74) is 4.73. The van der Waals surface area contributed by atoms with E-state index in [1.807, 2.05) is 36.1 Å². The van der Waals surface area contributed by atoms with E-state index in [1.54, 1.807) is 25.3 Å². The molecule has 1 unspecified atom stereocenters. The lowest BCUT2D eigenvalue weighted by Gasteiger charge is -2.39. The van der Waals surface area contributed by atoms with Crippen molar-refractivity contribution in [1.82, 2.24) is 40.2 Å². The lowest BCUT2D eigenvalue weighted by molar-refractivity contribution is 0.317. The monoisotopic (exact) mass is 508 g/mol. The maximum Gasteiger partial charge on any atom is 0.223 e. The highest BCUT2D eigenvalue weighted by molar-refractivity contribution is 5.86. The van der Waals surface area contributed by atoms with Crippen LogP contribution in [0.5, 0.6) is 0 Å². The Bertz CT molecular complexity index is 1760. The first kappa shape index (κ1) is 22.6. The molecular formula is C28H25FN8O. The van der Waals surface area contributed by atoms with Crippen LogP contribution in [0.1, 0.15) is 47.3 Å². The van der Waals surface area contributed by atoms with Gasteiger partial charge < -0.3 is 14.5 Å². The number of para-hydroxylation sites is 1. The lowest BCUT2D eigenvalue weighted by Crippen LogP contribution is -2.51. The molecule has 0 fully saturated rings. The third kappa shape index (κ3) is 3.41. The fourth-order valence-corrected chi connectivity index (χ4v) is 5.49. The molecule has 9 nitrogen and oxygen atoms in total. The fourth-order valence-electron chi connectivity index (χ4n) is 5.49. The van der Waals surface area contributed by atoms with E-state index in [1.165, 1.54) is 12.1 Å². The molecule has 0 saturated heterocycles. The number of H-pyrrole nitrogens is 2. The summed E-state index contributed by atoms with van der Waals surface area (Å²) in [4.78, 5) is 16.6. The van der Waals surface area contributed by atoms with Crippen molar-refractivity contribution in [3.05, 3.63) is 107 Å². The van der Waals surface area contributed by atoms with Gasteiger partial charge in [-0.3, -0.25) is 10.00 Å². The van der Waals surface area contributed by atoms with Crippen molar-refractivity contribution in [2.24, 2.45) is 0 Å². The Kier molecular flexibility index (Phi) is 5.05. The molecule has 3 N–H and O–H groups in total. The second-order valence-electron chi connectivity index (χ2n) is 9.59. The van der Waals surface area contributed by atoms with Gasteiger partial charge in [-0.2, -0.15) is 10.1 Å². The van der Waals surface area contributed by atoms with Gasteiger partial charge in [0, 0.05) is 36.1 Å². The summed E-state index contributed by atoms with van der Waals surface area (Å²) in [5, 5.41) is 14.0. The minimum absolute atomic E-state index is 0.223. The number of imidazole rings is 1. The van der Waals surface area contributed by atoms with Crippen LogP contribution in [-0.4, -0.2) is 34.9 Å². The van der Waals surface area contributed by atoms with Gasteiger partial charge in [0.2, 0.25) is 11.7 Å². The molecule has 0 bridgehead atoms. The van der Waals surface area contributed by atoms with E-state index in [2.05, 4.69) is 37.7 Å². The molecule has 5 heterocycles. The van der Waals surface area contributed by atoms with Crippen molar-refractivity contribution in [1.29, 1.82) is 0 Å². The van der Waals surface area contributed by atoms with Gasteiger partial charge >= 0.3 is 0 Å². The molecule has 0 aliphatic carbocycles. The van der Waals surface area contributed by atoms with Gasteiger partial charge in [0.1, 0.15) is 11.6 Å². The number of fused-ring (bicyclic) bond motifs is 3. The van der Waals surface area contributed by atoms with Crippen molar-refractivity contribution in [2.75, 3.05) is 0 Å². The van der Waals surface area contributed by atoms with Crippen LogP contribution >= 0.6 is 0 Å². The number of aromatic nitrogens is 7. The maximum absolute atomic E-state index is 13.5. The molecule has 38 heavy (non-hydrogen) atoms. The van der Waals surface area contributed by atoms with Gasteiger partial charge in [0.05, 0.1) is 29.8 Å². The number of halogens is 1. The zero-order valence-electron chi connectivity index (χ0n) is 20.9. The van der Waals surface area contributed by atoms with E-state index in [-0.39, 0.29) is 11.9 Å². The number of aromatic amines is 2. The maximum atomic E-state index is 13.5. The fraction of sp³-hybridized carbons (Fsp3) is 0.214. The predicted molar refractivity (Wildman–Crippen MR) is 139 cm³/mol. The average Bonchev–Trinajstić information content (AvgIpc) is 3.74. The summed E-state index contributed by atoms with van der Waals surface area (Å²) in [6.07, 6.45) is 6.33. The van der Waals surface area contributed by atoms with Crippen LogP contribution in [0.2, 0.25) is 0 Å². The minimum atomic E-state index is -0.967. The molecule has 10 heteroatoms. The highest BCUT2D eigenvalue weighted by Crippen LogP contribution is 2.45. The molecule has 190 valence electrons. The smallest absolute Gasteiger partial charge is 0.223 e. The molecule has 1 aliphatic rings. The van der Waals surface area contributed by atoms with Crippen molar-refractivity contribution in [3.63, 3.8) is 0 Å². The first-order valence-corrected chi connectivity index (χ1v) is 12.6. The Balaban J connectivity index is 1.44. The van der Waals surface area contributed by atoms with Gasteiger partial charge in [-0.1, -0.05) is 23.4 Å². The van der Waals surface area contributed by atoms with E-state index in [0.717, 1.165) is 51.4 Å². The molecule has 4 aromatic heterocycles. The molecule has 7 rings (SSSR count). The van der Waals surface area contributed by atoms with Crippen LogP contribution in [0.15, 0.2) is 71.6 Å². The third-order valence-electron chi connectivity index (χ3n) is 7.32. The van der Waals surface area contributed by atoms with Crippen LogP contribution < -0.4 is 5.32 Å². The molecule has 0 amide bonds. The predicted octanol–water partition coefficient (Wildman–Crippen LogP) is 4.78. The summed E-state index contributed by atoms with van der Waals surface area (Å²) < 4.78 is 20.9. The van der Waals surface area contributed by atoms with Crippen LogP contribution in [0.3, 0.4) is 0 Å². The number of nitrogens with one attached hydrogen (secondary N) is 3. The third-order valence-corrected chi connectivity index (χ3v) is 7.32. The first-order valence-electron chi connectivity index (χ1n) is 12.6. The number of aryl methyl sites for hydroxylation is 2. The molecule has 6 aromatic rings. The molecule has 0 saturated carbocycles. The van der Waals surface area contributed by atoms with E-state index in [4.69, 9.17) is 14.5 Å². The zero-order valence-corrected chi connectivity index (χ0v) is 20.9. The summed E-state index contributed by atoms with van der Waals surface area (Å²) >= 11 is 0. The Morgan fingerprint density at radius 1 is 1.11 bits per heavy atom. The second-order valence-corrected chi connectivity index (χ2v) is 9.59. The van der Waals surface area contributed by atoms with Crippen molar-refractivity contribution >= 4 is 10.9 Å². The second kappa shape index (κ2) is 8.49. The molecular weight excluding hydrogens is 483 g/mol. The lowest BCUT2D eigenvalue weighted by atomic mass is 9.79. The van der Waals surface area contributed by atoms with E-state index < -0.39 is 5.54 Å². The van der Waals surface area contributed by atoms with Crippen molar-refractivity contribution in [3.8, 4) is 11.3 Å². The molecule has 0 radical (unpaired) electrons. The summed E-state index contributed by atoms with van der Waals surface area (Å²) in [5.74, 6) is 1.45. The Hall–Kier alpha value is -4.57. The summed E-state index contributed by atoms with van der Waals surface area (Å²) in [6, 6.07) is 14.4. The van der Waals surface area contributed by atoms with E-state index >= 15 is 0 Å². The summed E-state index contributed by atoms with van der Waals surface area (Å²) in [6.45, 7) is 4.56. The van der Waals surface area contributed by atoms with Gasteiger partial charge in [-0.25, -0.2) is 9.37 Å². The normalized spacial score (nSPS) is 19.2. The highest BCUT2D eigenvalue weighted by atomic mass is 19.1. The van der Waals surface area contributed by atoms with Crippen molar-refractivity contribution in [2.45, 2.75) is 38.4 Å². The van der Waals surface area contributed by atoms with E-state index in [9.17, 15) is 4.39 Å².